The zero-order valence-electron chi connectivity index (χ0n) is 17.8. The lowest BCUT2D eigenvalue weighted by atomic mass is 9.63. The minimum absolute atomic E-state index is 0.169. The highest BCUT2D eigenvalue weighted by Crippen LogP contribution is 2.55. The van der Waals surface area contributed by atoms with Crippen molar-refractivity contribution in [3.05, 3.63) is 12.7 Å². The summed E-state index contributed by atoms with van der Waals surface area (Å²) in [6.45, 7) is 6.21. The van der Waals surface area contributed by atoms with Crippen LogP contribution in [-0.2, 0) is 4.74 Å². The fraction of sp³-hybridized carbons (Fsp3) is 0.920. The van der Waals surface area contributed by atoms with E-state index in [2.05, 4.69) is 19.6 Å². The van der Waals surface area contributed by atoms with Crippen molar-refractivity contribution in [3.63, 3.8) is 0 Å². The average Bonchev–Trinajstić information content (AvgIpc) is 2.73. The van der Waals surface area contributed by atoms with Crippen molar-refractivity contribution in [3.8, 4) is 0 Å². The highest BCUT2D eigenvalue weighted by atomic mass is 19.3. The molecule has 2 atom stereocenters. The van der Waals surface area contributed by atoms with E-state index in [4.69, 9.17) is 4.74 Å². The van der Waals surface area contributed by atoms with Gasteiger partial charge in [-0.3, -0.25) is 0 Å². The van der Waals surface area contributed by atoms with Crippen molar-refractivity contribution < 1.29 is 13.5 Å². The predicted molar refractivity (Wildman–Crippen MR) is 110 cm³/mol. The molecule has 1 nitrogen and oxygen atoms in total. The Morgan fingerprint density at radius 3 is 1.79 bits per heavy atom. The quantitative estimate of drug-likeness (QED) is 0.436. The van der Waals surface area contributed by atoms with Gasteiger partial charge in [0.15, 0.2) is 0 Å². The van der Waals surface area contributed by atoms with Gasteiger partial charge in [-0.15, -0.1) is 6.58 Å². The van der Waals surface area contributed by atoms with E-state index in [9.17, 15) is 8.78 Å². The molecule has 3 heteroatoms. The van der Waals surface area contributed by atoms with Crippen molar-refractivity contribution in [1.29, 1.82) is 0 Å². The Morgan fingerprint density at radius 1 is 0.786 bits per heavy atom. The molecule has 0 radical (unpaired) electrons. The van der Waals surface area contributed by atoms with Crippen molar-refractivity contribution in [2.45, 2.75) is 103 Å². The second kappa shape index (κ2) is 8.74. The Bertz CT molecular complexity index is 509. The second-order valence-electron chi connectivity index (χ2n) is 10.4. The summed E-state index contributed by atoms with van der Waals surface area (Å²) >= 11 is 0. The first-order chi connectivity index (χ1) is 13.5. The van der Waals surface area contributed by atoms with Gasteiger partial charge in [0, 0.05) is 0 Å². The molecule has 1 saturated heterocycles. The van der Waals surface area contributed by atoms with Gasteiger partial charge in [-0.2, -0.15) is 8.78 Å². The Morgan fingerprint density at radius 2 is 1.29 bits per heavy atom. The van der Waals surface area contributed by atoms with Crippen LogP contribution in [0.2, 0.25) is 0 Å². The molecule has 160 valence electrons. The first-order valence-electron chi connectivity index (χ1n) is 12.2. The van der Waals surface area contributed by atoms with Crippen molar-refractivity contribution in [1.82, 2.24) is 0 Å². The summed E-state index contributed by atoms with van der Waals surface area (Å²) < 4.78 is 34.1. The molecule has 0 unspecified atom stereocenters. The normalized spacial score (nSPS) is 46.5. The standard InChI is InChI=1S/C25H40F2O/c1-3-17-5-9-19(10-6-17)20-13-15-21(16-14-20)23-24(28-25(23,26)27)22-11-7-18(4-2)8-12-22/h3,17-24H,1,4-16H2,2H3/t17-,18?,19-,20?,21?,22?,23-,24-/m0/s1. The van der Waals surface area contributed by atoms with E-state index in [1.807, 2.05) is 0 Å². The van der Waals surface area contributed by atoms with Crippen molar-refractivity contribution in [2.24, 2.45) is 41.4 Å². The predicted octanol–water partition coefficient (Wildman–Crippen LogP) is 7.61. The van der Waals surface area contributed by atoms with Crippen LogP contribution in [0.25, 0.3) is 0 Å². The van der Waals surface area contributed by atoms with Gasteiger partial charge >= 0.3 is 6.11 Å². The summed E-state index contributed by atoms with van der Waals surface area (Å²) in [6, 6.07) is 0. The van der Waals surface area contributed by atoms with E-state index in [1.54, 1.807) is 0 Å². The minimum Gasteiger partial charge on any atom is -0.316 e. The second-order valence-corrected chi connectivity index (χ2v) is 10.4. The fourth-order valence-corrected chi connectivity index (χ4v) is 7.14. The molecule has 3 saturated carbocycles. The maximum absolute atomic E-state index is 14.4. The molecule has 0 amide bonds. The SMILES string of the molecule is C=C[C@H]1CC[C@H](C2CCC([C@H]3[C@H](C4CCC(CC)CC4)OC3(F)F)CC2)CC1. The molecule has 0 aromatic rings. The van der Waals surface area contributed by atoms with Crippen LogP contribution in [0.15, 0.2) is 12.7 Å². The monoisotopic (exact) mass is 394 g/mol. The third-order valence-electron chi connectivity index (χ3n) is 9.11. The molecule has 4 fully saturated rings. The van der Waals surface area contributed by atoms with E-state index in [-0.39, 0.29) is 12.0 Å². The van der Waals surface area contributed by atoms with Crippen LogP contribution in [0.4, 0.5) is 8.78 Å². The van der Waals surface area contributed by atoms with Crippen LogP contribution >= 0.6 is 0 Å². The largest absolute Gasteiger partial charge is 0.361 e. The number of halogens is 2. The third-order valence-corrected chi connectivity index (χ3v) is 9.11. The van der Waals surface area contributed by atoms with E-state index in [0.717, 1.165) is 56.3 Å². The lowest BCUT2D eigenvalue weighted by Crippen LogP contribution is -2.61. The fourth-order valence-electron chi connectivity index (χ4n) is 7.14. The third kappa shape index (κ3) is 4.20. The van der Waals surface area contributed by atoms with Gasteiger partial charge in [-0.1, -0.05) is 32.3 Å². The lowest BCUT2D eigenvalue weighted by molar-refractivity contribution is -0.418. The van der Waals surface area contributed by atoms with Crippen LogP contribution in [0.3, 0.4) is 0 Å². The summed E-state index contributed by atoms with van der Waals surface area (Å²) in [7, 11) is 0. The summed E-state index contributed by atoms with van der Waals surface area (Å²) in [5, 5.41) is 0. The van der Waals surface area contributed by atoms with Crippen molar-refractivity contribution >= 4 is 0 Å². The molecule has 0 bridgehead atoms. The average molecular weight is 395 g/mol. The number of hydrogen-bond acceptors (Lipinski definition) is 1. The van der Waals surface area contributed by atoms with Gasteiger partial charge in [0.05, 0.1) is 12.0 Å². The zero-order valence-corrected chi connectivity index (χ0v) is 17.8. The summed E-state index contributed by atoms with van der Waals surface area (Å²) in [5.41, 5.74) is 0. The van der Waals surface area contributed by atoms with Gasteiger partial charge in [0.2, 0.25) is 0 Å². The smallest absolute Gasteiger partial charge is 0.316 e. The molecule has 0 spiro atoms. The van der Waals surface area contributed by atoms with E-state index >= 15 is 0 Å². The zero-order chi connectivity index (χ0) is 19.7. The van der Waals surface area contributed by atoms with Gasteiger partial charge in [-0.05, 0) is 99.7 Å². The Balaban J connectivity index is 1.29. The molecular weight excluding hydrogens is 354 g/mol. The first kappa shape index (κ1) is 20.8. The molecule has 0 aromatic carbocycles. The van der Waals surface area contributed by atoms with Crippen LogP contribution < -0.4 is 0 Å². The summed E-state index contributed by atoms with van der Waals surface area (Å²) in [4.78, 5) is 0. The van der Waals surface area contributed by atoms with Crippen LogP contribution in [0, 0.1) is 41.4 Å². The summed E-state index contributed by atoms with van der Waals surface area (Å²) in [5.74, 6) is 3.17. The Labute approximate surface area is 170 Å². The number of ether oxygens (including phenoxy) is 1. The van der Waals surface area contributed by atoms with E-state index in [1.165, 1.54) is 44.9 Å². The molecule has 28 heavy (non-hydrogen) atoms. The van der Waals surface area contributed by atoms with Crippen LogP contribution in [0.5, 0.6) is 0 Å². The van der Waals surface area contributed by atoms with Crippen molar-refractivity contribution in [2.75, 3.05) is 0 Å². The molecule has 4 rings (SSSR count). The highest BCUT2D eigenvalue weighted by Gasteiger charge is 2.62. The van der Waals surface area contributed by atoms with Crippen LogP contribution in [0.1, 0.15) is 90.4 Å². The van der Waals surface area contributed by atoms with Gasteiger partial charge in [0.1, 0.15) is 0 Å². The summed E-state index contributed by atoms with van der Waals surface area (Å²) in [6.07, 6.45) is 14.4. The number of rotatable bonds is 5. The minimum atomic E-state index is -2.87. The molecule has 1 aliphatic heterocycles. The van der Waals surface area contributed by atoms with Crippen LogP contribution in [-0.4, -0.2) is 12.2 Å². The number of allylic oxidation sites excluding steroid dienone is 1. The van der Waals surface area contributed by atoms with E-state index in [0.29, 0.717) is 11.8 Å². The highest BCUT2D eigenvalue weighted by molar-refractivity contribution is 4.98. The molecule has 3 aliphatic carbocycles. The maximum atomic E-state index is 14.4. The number of alkyl halides is 2. The van der Waals surface area contributed by atoms with Gasteiger partial charge in [0.25, 0.3) is 0 Å². The Kier molecular flexibility index (Phi) is 6.50. The molecule has 4 aliphatic rings. The molecule has 0 N–H and O–H groups in total. The number of hydrogen-bond donors (Lipinski definition) is 0. The Hall–Kier alpha value is -0.440. The van der Waals surface area contributed by atoms with Gasteiger partial charge < -0.3 is 4.74 Å². The lowest BCUT2D eigenvalue weighted by Gasteiger charge is -2.53. The first-order valence-corrected chi connectivity index (χ1v) is 12.2. The van der Waals surface area contributed by atoms with E-state index < -0.39 is 12.0 Å². The molecule has 1 heterocycles. The van der Waals surface area contributed by atoms with Gasteiger partial charge in [-0.25, -0.2) is 0 Å². The molecule has 0 aromatic heterocycles. The molecular formula is C25H40F2O. The maximum Gasteiger partial charge on any atom is 0.361 e. The topological polar surface area (TPSA) is 9.23 Å².